The third-order valence-corrected chi connectivity index (χ3v) is 11.2. The maximum Gasteiger partial charge on any atom is 0.120 e. The van der Waals surface area contributed by atoms with E-state index in [2.05, 4.69) is 53.1 Å². The number of allylic oxidation sites excluding steroid dienone is 1. The second-order valence-electron chi connectivity index (χ2n) is 14.9. The molecule has 0 bridgehead atoms. The van der Waals surface area contributed by atoms with Crippen LogP contribution in [-0.4, -0.2) is 78.2 Å². The zero-order valence-corrected chi connectivity index (χ0v) is 33.4. The van der Waals surface area contributed by atoms with Crippen LogP contribution in [0, 0.1) is 5.92 Å². The Hall–Kier alpha value is -4.40. The molecule has 3 unspecified atom stereocenters. The van der Waals surface area contributed by atoms with Crippen LogP contribution in [0.15, 0.2) is 145 Å². The number of ether oxygens (including phenoxy) is 2. The first-order chi connectivity index (χ1) is 27.3. The van der Waals surface area contributed by atoms with E-state index in [0.717, 1.165) is 72.8 Å². The van der Waals surface area contributed by atoms with E-state index in [4.69, 9.17) is 32.7 Å². The summed E-state index contributed by atoms with van der Waals surface area (Å²) in [6.45, 7) is 7.84. The largest absolute Gasteiger partial charge is 0.491 e. The summed E-state index contributed by atoms with van der Waals surface area (Å²) in [4.78, 5) is 4.61. The number of fused-ring (bicyclic) bond motifs is 1. The molecule has 0 spiro atoms. The molecular formula is C48H50Cl2N2O4. The fourth-order valence-corrected chi connectivity index (χ4v) is 8.19. The Morgan fingerprint density at radius 3 is 1.95 bits per heavy atom. The molecular weight excluding hydrogens is 739 g/mol. The van der Waals surface area contributed by atoms with Crippen molar-refractivity contribution in [2.24, 2.45) is 5.92 Å². The molecule has 8 rings (SSSR count). The van der Waals surface area contributed by atoms with Gasteiger partial charge in [-0.15, -0.1) is 0 Å². The van der Waals surface area contributed by atoms with E-state index in [-0.39, 0.29) is 13.2 Å². The Balaban J connectivity index is 0.000000172. The van der Waals surface area contributed by atoms with Gasteiger partial charge in [-0.2, -0.15) is 0 Å². The van der Waals surface area contributed by atoms with Crippen LogP contribution >= 0.6 is 23.2 Å². The van der Waals surface area contributed by atoms with Crippen molar-refractivity contribution < 1.29 is 19.7 Å². The molecule has 290 valence electrons. The van der Waals surface area contributed by atoms with E-state index in [1.807, 2.05) is 97.1 Å². The summed E-state index contributed by atoms with van der Waals surface area (Å²) in [5, 5.41) is 22.3. The summed E-state index contributed by atoms with van der Waals surface area (Å²) >= 11 is 12.4. The number of benzene rings is 5. The molecule has 3 aliphatic rings. The minimum atomic E-state index is -0.533. The van der Waals surface area contributed by atoms with Gasteiger partial charge in [0.25, 0.3) is 0 Å². The second-order valence-corrected chi connectivity index (χ2v) is 15.8. The third kappa shape index (κ3) is 10.7. The average molecular weight is 790 g/mol. The lowest BCUT2D eigenvalue weighted by atomic mass is 9.95. The van der Waals surface area contributed by atoms with Gasteiger partial charge in [-0.3, -0.25) is 9.80 Å². The van der Waals surface area contributed by atoms with Crippen LogP contribution in [0.4, 0.5) is 0 Å². The van der Waals surface area contributed by atoms with Crippen LogP contribution in [-0.2, 0) is 13.0 Å². The molecule has 0 saturated heterocycles. The summed E-state index contributed by atoms with van der Waals surface area (Å²) < 4.78 is 11.7. The van der Waals surface area contributed by atoms with Crippen LogP contribution in [0.25, 0.3) is 22.3 Å². The van der Waals surface area contributed by atoms with Crippen molar-refractivity contribution in [1.29, 1.82) is 0 Å². The highest BCUT2D eigenvalue weighted by molar-refractivity contribution is 6.33. The zero-order valence-electron chi connectivity index (χ0n) is 31.9. The molecule has 0 saturated carbocycles. The second kappa shape index (κ2) is 19.2. The fraction of sp³-hybridized carbons (Fsp3) is 0.292. The first-order valence-electron chi connectivity index (χ1n) is 19.5. The van der Waals surface area contributed by atoms with Gasteiger partial charge < -0.3 is 19.7 Å². The summed E-state index contributed by atoms with van der Waals surface area (Å²) in [6.07, 6.45) is 5.60. The molecule has 0 radical (unpaired) electrons. The quantitative estimate of drug-likeness (QED) is 0.131. The lowest BCUT2D eigenvalue weighted by Crippen LogP contribution is -2.39. The van der Waals surface area contributed by atoms with Crippen molar-refractivity contribution in [3.63, 3.8) is 0 Å². The number of aliphatic hydroxyl groups excluding tert-OH is 2. The van der Waals surface area contributed by atoms with Gasteiger partial charge in [0.15, 0.2) is 0 Å². The topological polar surface area (TPSA) is 65.4 Å². The van der Waals surface area contributed by atoms with Crippen LogP contribution in [0.5, 0.6) is 11.5 Å². The Morgan fingerprint density at radius 2 is 1.23 bits per heavy atom. The highest BCUT2D eigenvalue weighted by Gasteiger charge is 2.25. The lowest BCUT2D eigenvalue weighted by Gasteiger charge is -2.30. The van der Waals surface area contributed by atoms with Crippen LogP contribution in [0.1, 0.15) is 24.5 Å². The zero-order chi connectivity index (χ0) is 38.9. The van der Waals surface area contributed by atoms with Gasteiger partial charge in [0.05, 0.1) is 0 Å². The van der Waals surface area contributed by atoms with Crippen LogP contribution in [0.2, 0.25) is 10.0 Å². The third-order valence-electron chi connectivity index (χ3n) is 10.7. The molecule has 2 heterocycles. The highest BCUT2D eigenvalue weighted by atomic mass is 35.5. The maximum atomic E-state index is 10.5. The summed E-state index contributed by atoms with van der Waals surface area (Å²) in [7, 11) is 0. The number of rotatable bonds is 12. The number of β-amino-alcohol motifs (C(OH)–C–C–N with tert-alkyl or cyclic N) is 2. The van der Waals surface area contributed by atoms with Gasteiger partial charge in [-0.25, -0.2) is 0 Å². The van der Waals surface area contributed by atoms with Crippen LogP contribution < -0.4 is 9.47 Å². The minimum absolute atomic E-state index is 0.268. The van der Waals surface area contributed by atoms with E-state index < -0.39 is 12.2 Å². The van der Waals surface area contributed by atoms with Gasteiger partial charge in [-0.05, 0) is 94.6 Å². The maximum absolute atomic E-state index is 10.5. The predicted molar refractivity (Wildman–Crippen MR) is 229 cm³/mol. The number of hydrogen-bond acceptors (Lipinski definition) is 6. The van der Waals surface area contributed by atoms with Crippen molar-refractivity contribution in [3.8, 4) is 33.8 Å². The molecule has 6 nitrogen and oxygen atoms in total. The highest BCUT2D eigenvalue weighted by Crippen LogP contribution is 2.33. The van der Waals surface area contributed by atoms with Gasteiger partial charge >= 0.3 is 0 Å². The molecule has 2 aliphatic heterocycles. The average Bonchev–Trinajstić information content (AvgIpc) is 3.59. The number of nitrogens with zero attached hydrogens (tertiary/aromatic N) is 2. The summed E-state index contributed by atoms with van der Waals surface area (Å²) in [5.74, 6) is 2.07. The van der Waals surface area contributed by atoms with Gasteiger partial charge in [-0.1, -0.05) is 127 Å². The molecule has 5 aromatic rings. The molecule has 8 heteroatoms. The molecule has 1 aliphatic carbocycles. The normalized spacial score (nSPS) is 17.7. The van der Waals surface area contributed by atoms with Crippen molar-refractivity contribution in [2.45, 2.75) is 38.5 Å². The Labute approximate surface area is 341 Å². The molecule has 0 aromatic heterocycles. The van der Waals surface area contributed by atoms with Gasteiger partial charge in [0.1, 0.15) is 36.9 Å². The van der Waals surface area contributed by atoms with Crippen molar-refractivity contribution in [2.75, 3.05) is 45.9 Å². The Kier molecular flexibility index (Phi) is 13.6. The lowest BCUT2D eigenvalue weighted by molar-refractivity contribution is 0.0638. The predicted octanol–water partition coefficient (Wildman–Crippen LogP) is 9.76. The first-order valence-corrected chi connectivity index (χ1v) is 20.3. The molecule has 5 aromatic carbocycles. The number of halogens is 2. The molecule has 0 fully saturated rings. The first kappa shape index (κ1) is 39.8. The fourth-order valence-electron chi connectivity index (χ4n) is 7.75. The minimum Gasteiger partial charge on any atom is -0.491 e. The molecule has 3 atom stereocenters. The molecule has 0 amide bonds. The van der Waals surface area contributed by atoms with E-state index in [1.165, 1.54) is 16.7 Å². The Bertz CT molecular complexity index is 2150. The Morgan fingerprint density at radius 1 is 0.643 bits per heavy atom. The SMILES string of the molecule is CC1C=CC2=C1CCN(CC(O)COc1cccc(-c3cccc(Cl)c3)c1)C2.OC(COc1cccc(-c2ccccc2Cl)c1)CN1CCc2ccccc2C1. The molecule has 2 N–H and O–H groups in total. The van der Waals surface area contributed by atoms with Gasteiger partial charge in [0.2, 0.25) is 0 Å². The van der Waals surface area contributed by atoms with Crippen molar-refractivity contribution >= 4 is 23.2 Å². The molecule has 56 heavy (non-hydrogen) atoms. The van der Waals surface area contributed by atoms with E-state index >= 15 is 0 Å². The van der Waals surface area contributed by atoms with Crippen molar-refractivity contribution in [3.05, 3.63) is 166 Å². The monoisotopic (exact) mass is 788 g/mol. The smallest absolute Gasteiger partial charge is 0.120 e. The van der Waals surface area contributed by atoms with Crippen LogP contribution in [0.3, 0.4) is 0 Å². The number of aliphatic hydroxyl groups is 2. The van der Waals surface area contributed by atoms with Gasteiger partial charge in [0, 0.05) is 54.9 Å². The van der Waals surface area contributed by atoms with E-state index in [9.17, 15) is 10.2 Å². The summed E-state index contributed by atoms with van der Waals surface area (Å²) in [5.41, 5.74) is 9.85. The summed E-state index contributed by atoms with van der Waals surface area (Å²) in [6, 6.07) is 39.8. The standard InChI is InChI=1S/C24H26ClNO2.C24H24ClNO2/c1-17-8-9-20-14-26(11-10-24(17)20)15-22(27)16-28-23-7-3-5-19(13-23)18-4-2-6-21(25)12-18;25-24-11-4-3-10-23(24)19-8-5-9-22(14-19)28-17-21(27)16-26-13-12-18-6-1-2-7-20(18)15-26/h2-9,12-13,17,22,27H,10-11,14-16H2,1H3;1-11,14,21,27H,12-13,15-17H2. The van der Waals surface area contributed by atoms with Crippen molar-refractivity contribution in [1.82, 2.24) is 9.80 Å². The number of hydrogen-bond donors (Lipinski definition) is 2. The van der Waals surface area contributed by atoms with E-state index in [1.54, 1.807) is 5.57 Å². The van der Waals surface area contributed by atoms with E-state index in [0.29, 0.717) is 29.1 Å².